The molecule has 3 aromatic rings. The van der Waals surface area contributed by atoms with Gasteiger partial charge in [-0.2, -0.15) is 0 Å². The Morgan fingerprint density at radius 2 is 2.04 bits per heavy atom. The number of benzene rings is 2. The van der Waals surface area contributed by atoms with Gasteiger partial charge in [-0.05, 0) is 61.7 Å². The highest BCUT2D eigenvalue weighted by Gasteiger charge is 2.26. The van der Waals surface area contributed by atoms with E-state index in [1.807, 2.05) is 0 Å². The van der Waals surface area contributed by atoms with Crippen molar-refractivity contribution in [3.05, 3.63) is 65.2 Å². The molecular weight excluding hydrogens is 327 g/mol. The van der Waals surface area contributed by atoms with Crippen LogP contribution in [0.3, 0.4) is 0 Å². The van der Waals surface area contributed by atoms with E-state index in [0.717, 1.165) is 42.8 Å². The van der Waals surface area contributed by atoms with Crippen LogP contribution in [0.25, 0.3) is 11.0 Å². The topological polar surface area (TPSA) is 57.9 Å². The molecular formula is C21H25FN4. The number of aromatic nitrogens is 2. The number of imidazole rings is 1. The quantitative estimate of drug-likeness (QED) is 0.731. The first kappa shape index (κ1) is 17.2. The van der Waals surface area contributed by atoms with Crippen molar-refractivity contribution in [3.63, 3.8) is 0 Å². The Labute approximate surface area is 153 Å². The minimum absolute atomic E-state index is 0.232. The number of likely N-dealkylation sites (tertiary alicyclic amines) is 1. The first-order valence-electron chi connectivity index (χ1n) is 9.40. The summed E-state index contributed by atoms with van der Waals surface area (Å²) in [6, 6.07) is 13.7. The van der Waals surface area contributed by atoms with Crippen molar-refractivity contribution < 1.29 is 4.39 Å². The van der Waals surface area contributed by atoms with Crippen LogP contribution in [0.1, 0.15) is 42.3 Å². The number of halogens is 1. The number of nitrogens with two attached hydrogens (primary N) is 1. The number of nitrogens with zero attached hydrogens (tertiary/aromatic N) is 2. The highest BCUT2D eigenvalue weighted by atomic mass is 19.1. The normalized spacial score (nSPS) is 18.5. The van der Waals surface area contributed by atoms with Gasteiger partial charge in [-0.3, -0.25) is 4.90 Å². The van der Waals surface area contributed by atoms with Crippen molar-refractivity contribution >= 4 is 11.0 Å². The number of aromatic amines is 1. The summed E-state index contributed by atoms with van der Waals surface area (Å²) >= 11 is 0. The van der Waals surface area contributed by atoms with Crippen LogP contribution >= 0.6 is 0 Å². The summed E-state index contributed by atoms with van der Waals surface area (Å²) in [7, 11) is 0. The van der Waals surface area contributed by atoms with E-state index >= 15 is 0 Å². The maximum atomic E-state index is 13.5. The fourth-order valence-electron chi connectivity index (χ4n) is 3.93. The minimum atomic E-state index is -0.232. The molecule has 0 bridgehead atoms. The second-order valence-electron chi connectivity index (χ2n) is 7.12. The summed E-state index contributed by atoms with van der Waals surface area (Å²) in [5, 5.41) is 0. The SMILES string of the molecule is NCCc1cccc(CN2CCCC[C@@H]2c2nc3ccc(F)cc3[nH]2)c1. The van der Waals surface area contributed by atoms with Crippen LogP contribution in [0.5, 0.6) is 0 Å². The molecule has 1 fully saturated rings. The van der Waals surface area contributed by atoms with Crippen LogP contribution < -0.4 is 5.73 Å². The van der Waals surface area contributed by atoms with Crippen LogP contribution in [0.4, 0.5) is 4.39 Å². The molecule has 2 heterocycles. The number of fused-ring (bicyclic) bond motifs is 1. The molecule has 1 aliphatic heterocycles. The molecule has 1 saturated heterocycles. The molecule has 4 rings (SSSR count). The first-order chi connectivity index (χ1) is 12.7. The summed E-state index contributed by atoms with van der Waals surface area (Å²) < 4.78 is 13.5. The molecule has 1 aromatic heterocycles. The molecule has 136 valence electrons. The molecule has 1 atom stereocenters. The van der Waals surface area contributed by atoms with E-state index in [1.165, 1.54) is 36.1 Å². The third-order valence-electron chi connectivity index (χ3n) is 5.20. The van der Waals surface area contributed by atoms with Gasteiger partial charge in [-0.25, -0.2) is 9.37 Å². The van der Waals surface area contributed by atoms with Gasteiger partial charge in [0.15, 0.2) is 0 Å². The molecule has 0 unspecified atom stereocenters. The Morgan fingerprint density at radius 3 is 2.92 bits per heavy atom. The minimum Gasteiger partial charge on any atom is -0.341 e. The second kappa shape index (κ2) is 7.56. The van der Waals surface area contributed by atoms with Crippen LogP contribution in [0, 0.1) is 5.82 Å². The smallest absolute Gasteiger partial charge is 0.125 e. The zero-order valence-corrected chi connectivity index (χ0v) is 14.9. The Balaban J connectivity index is 1.58. The van der Waals surface area contributed by atoms with E-state index in [4.69, 9.17) is 10.7 Å². The molecule has 5 heteroatoms. The molecule has 0 saturated carbocycles. The highest BCUT2D eigenvalue weighted by Crippen LogP contribution is 2.32. The van der Waals surface area contributed by atoms with Gasteiger partial charge >= 0.3 is 0 Å². The largest absolute Gasteiger partial charge is 0.341 e. The Kier molecular flexibility index (Phi) is 5.00. The molecule has 2 aromatic carbocycles. The zero-order valence-electron chi connectivity index (χ0n) is 14.9. The number of piperidine rings is 1. The van der Waals surface area contributed by atoms with Crippen LogP contribution in [0.2, 0.25) is 0 Å². The Bertz CT molecular complexity index is 889. The predicted molar refractivity (Wildman–Crippen MR) is 102 cm³/mol. The van der Waals surface area contributed by atoms with Crippen LogP contribution in [-0.4, -0.2) is 28.0 Å². The fraction of sp³-hybridized carbons (Fsp3) is 0.381. The summed E-state index contributed by atoms with van der Waals surface area (Å²) in [6.07, 6.45) is 4.38. The summed E-state index contributed by atoms with van der Waals surface area (Å²) in [5.41, 5.74) is 9.89. The van der Waals surface area contributed by atoms with Crippen LogP contribution in [-0.2, 0) is 13.0 Å². The first-order valence-corrected chi connectivity index (χ1v) is 9.40. The second-order valence-corrected chi connectivity index (χ2v) is 7.12. The molecule has 1 aliphatic rings. The van der Waals surface area contributed by atoms with E-state index < -0.39 is 0 Å². The zero-order chi connectivity index (χ0) is 17.9. The van der Waals surface area contributed by atoms with Crippen molar-refractivity contribution in [1.29, 1.82) is 0 Å². The number of nitrogens with one attached hydrogen (secondary N) is 1. The number of H-pyrrole nitrogens is 1. The summed E-state index contributed by atoms with van der Waals surface area (Å²) in [5.74, 6) is 0.716. The van der Waals surface area contributed by atoms with E-state index in [-0.39, 0.29) is 11.9 Å². The Morgan fingerprint density at radius 1 is 1.15 bits per heavy atom. The van der Waals surface area contributed by atoms with E-state index in [0.29, 0.717) is 6.54 Å². The molecule has 0 amide bonds. The number of hydrogen-bond donors (Lipinski definition) is 2. The molecule has 0 aliphatic carbocycles. The van der Waals surface area contributed by atoms with Gasteiger partial charge in [0.05, 0.1) is 17.1 Å². The molecule has 0 spiro atoms. The molecule has 4 nitrogen and oxygen atoms in total. The highest BCUT2D eigenvalue weighted by molar-refractivity contribution is 5.75. The lowest BCUT2D eigenvalue weighted by molar-refractivity contribution is 0.134. The van der Waals surface area contributed by atoms with E-state index in [2.05, 4.69) is 34.1 Å². The average molecular weight is 352 g/mol. The van der Waals surface area contributed by atoms with Gasteiger partial charge in [0.25, 0.3) is 0 Å². The van der Waals surface area contributed by atoms with Gasteiger partial charge in [0.1, 0.15) is 11.6 Å². The van der Waals surface area contributed by atoms with Gasteiger partial charge < -0.3 is 10.7 Å². The maximum absolute atomic E-state index is 13.5. The standard InChI is InChI=1S/C21H25FN4/c22-17-7-8-18-19(13-17)25-21(24-18)20-6-1-2-11-26(20)14-16-5-3-4-15(12-16)9-10-23/h3-5,7-8,12-13,20H,1-2,6,9-11,14,23H2,(H,24,25)/t20-/m1/s1. The molecule has 26 heavy (non-hydrogen) atoms. The maximum Gasteiger partial charge on any atom is 0.125 e. The third-order valence-corrected chi connectivity index (χ3v) is 5.20. The molecule has 3 N–H and O–H groups in total. The van der Waals surface area contributed by atoms with Gasteiger partial charge in [0.2, 0.25) is 0 Å². The number of hydrogen-bond acceptors (Lipinski definition) is 3. The summed E-state index contributed by atoms with van der Waals surface area (Å²) in [6.45, 7) is 2.62. The Hall–Kier alpha value is -2.24. The monoisotopic (exact) mass is 352 g/mol. The van der Waals surface area contributed by atoms with Gasteiger partial charge in [-0.1, -0.05) is 30.7 Å². The average Bonchev–Trinajstić information content (AvgIpc) is 3.06. The number of rotatable bonds is 5. The predicted octanol–water partition coefficient (Wildman–Crippen LogP) is 3.93. The van der Waals surface area contributed by atoms with Crippen molar-refractivity contribution in [1.82, 2.24) is 14.9 Å². The van der Waals surface area contributed by atoms with E-state index in [9.17, 15) is 4.39 Å². The molecule has 0 radical (unpaired) electrons. The van der Waals surface area contributed by atoms with E-state index in [1.54, 1.807) is 6.07 Å². The van der Waals surface area contributed by atoms with Gasteiger partial charge in [-0.15, -0.1) is 0 Å². The lowest BCUT2D eigenvalue weighted by Gasteiger charge is -2.34. The lowest BCUT2D eigenvalue weighted by atomic mass is 10.00. The van der Waals surface area contributed by atoms with Crippen molar-refractivity contribution in [3.8, 4) is 0 Å². The van der Waals surface area contributed by atoms with Crippen molar-refractivity contribution in [2.75, 3.05) is 13.1 Å². The lowest BCUT2D eigenvalue weighted by Crippen LogP contribution is -2.33. The third kappa shape index (κ3) is 3.64. The summed E-state index contributed by atoms with van der Waals surface area (Å²) in [4.78, 5) is 10.6. The fourth-order valence-corrected chi connectivity index (χ4v) is 3.93. The van der Waals surface area contributed by atoms with Crippen molar-refractivity contribution in [2.45, 2.75) is 38.3 Å². The van der Waals surface area contributed by atoms with Crippen LogP contribution in [0.15, 0.2) is 42.5 Å². The van der Waals surface area contributed by atoms with Crippen molar-refractivity contribution in [2.24, 2.45) is 5.73 Å². The van der Waals surface area contributed by atoms with Gasteiger partial charge in [0, 0.05) is 6.54 Å².